The van der Waals surface area contributed by atoms with Crippen molar-refractivity contribution in [2.45, 2.75) is 26.4 Å². The number of rotatable bonds is 1. The van der Waals surface area contributed by atoms with Crippen LogP contribution in [-0.4, -0.2) is 17.6 Å². The van der Waals surface area contributed by atoms with Gasteiger partial charge in [0.25, 0.3) is 0 Å². The van der Waals surface area contributed by atoms with Crippen LogP contribution in [0, 0.1) is 5.41 Å². The molecule has 0 saturated carbocycles. The highest BCUT2D eigenvalue weighted by molar-refractivity contribution is 5.14. The van der Waals surface area contributed by atoms with Crippen LogP contribution in [0.5, 0.6) is 0 Å². The quantitative estimate of drug-likeness (QED) is 0.431. The molecule has 1 aliphatic heterocycles. The molecule has 1 atom stereocenters. The van der Waals surface area contributed by atoms with Crippen molar-refractivity contribution in [3.8, 4) is 0 Å². The minimum absolute atomic E-state index is 0.0799. The maximum absolute atomic E-state index is 5.50. The first kappa shape index (κ1) is 8.56. The van der Waals surface area contributed by atoms with Gasteiger partial charge in [-0.3, -0.25) is 5.84 Å². The molecule has 0 fully saturated rings. The van der Waals surface area contributed by atoms with Gasteiger partial charge in [0.15, 0.2) is 0 Å². The molecule has 0 amide bonds. The van der Waals surface area contributed by atoms with Crippen LogP contribution in [0.1, 0.15) is 20.8 Å². The van der Waals surface area contributed by atoms with Gasteiger partial charge < -0.3 is 4.90 Å². The second-order valence-electron chi connectivity index (χ2n) is 3.86. The first-order chi connectivity index (χ1) is 4.94. The van der Waals surface area contributed by atoms with Crippen molar-refractivity contribution in [2.75, 3.05) is 7.05 Å². The van der Waals surface area contributed by atoms with Gasteiger partial charge in [-0.25, -0.2) is 5.43 Å². The normalized spacial score (nSPS) is 34.8. The van der Waals surface area contributed by atoms with E-state index in [4.69, 9.17) is 5.84 Å². The molecule has 1 unspecified atom stereocenters. The molecule has 1 heterocycles. The van der Waals surface area contributed by atoms with E-state index >= 15 is 0 Å². The first-order valence-corrected chi connectivity index (χ1v) is 3.84. The highest BCUT2D eigenvalue weighted by Crippen LogP contribution is 2.38. The third kappa shape index (κ3) is 0.957. The summed E-state index contributed by atoms with van der Waals surface area (Å²) in [6.45, 7) is 6.41. The molecule has 0 saturated heterocycles. The SMILES string of the molecule is CN1C=CC(C)(C)C1(C)NN. The fourth-order valence-electron chi connectivity index (χ4n) is 1.35. The van der Waals surface area contributed by atoms with Crippen LogP contribution < -0.4 is 11.3 Å². The average Bonchev–Trinajstić information content (AvgIpc) is 2.15. The lowest BCUT2D eigenvalue weighted by atomic mass is 9.82. The van der Waals surface area contributed by atoms with Gasteiger partial charge in [-0.05, 0) is 13.1 Å². The van der Waals surface area contributed by atoms with Gasteiger partial charge in [-0.1, -0.05) is 19.9 Å². The number of hydrogen-bond acceptors (Lipinski definition) is 3. The minimum Gasteiger partial charge on any atom is -0.361 e. The first-order valence-electron chi connectivity index (χ1n) is 3.84. The van der Waals surface area contributed by atoms with Crippen molar-refractivity contribution < 1.29 is 0 Å². The van der Waals surface area contributed by atoms with E-state index in [0.717, 1.165) is 0 Å². The van der Waals surface area contributed by atoms with E-state index in [1.54, 1.807) is 0 Å². The molecule has 0 aromatic carbocycles. The summed E-state index contributed by atoms with van der Waals surface area (Å²) >= 11 is 0. The van der Waals surface area contributed by atoms with Crippen LogP contribution in [0.25, 0.3) is 0 Å². The maximum atomic E-state index is 5.50. The van der Waals surface area contributed by atoms with E-state index in [0.29, 0.717) is 0 Å². The van der Waals surface area contributed by atoms with Crippen LogP contribution in [0.3, 0.4) is 0 Å². The Labute approximate surface area is 68.2 Å². The van der Waals surface area contributed by atoms with E-state index in [9.17, 15) is 0 Å². The van der Waals surface area contributed by atoms with Gasteiger partial charge >= 0.3 is 0 Å². The van der Waals surface area contributed by atoms with Crippen LogP contribution >= 0.6 is 0 Å². The van der Waals surface area contributed by atoms with E-state index in [-0.39, 0.29) is 11.1 Å². The topological polar surface area (TPSA) is 41.3 Å². The summed E-state index contributed by atoms with van der Waals surface area (Å²) in [7, 11) is 2.02. The number of nitrogens with zero attached hydrogens (tertiary/aromatic N) is 1. The summed E-state index contributed by atoms with van der Waals surface area (Å²) in [6, 6.07) is 0. The van der Waals surface area contributed by atoms with Gasteiger partial charge in [0.1, 0.15) is 5.66 Å². The molecular formula is C8H17N3. The Morgan fingerprint density at radius 1 is 1.36 bits per heavy atom. The highest BCUT2D eigenvalue weighted by atomic mass is 15.4. The Bertz CT molecular complexity index is 186. The van der Waals surface area contributed by atoms with Crippen LogP contribution in [0.2, 0.25) is 0 Å². The summed E-state index contributed by atoms with van der Waals surface area (Å²) in [5.74, 6) is 5.50. The molecule has 1 rings (SSSR count). The third-order valence-corrected chi connectivity index (χ3v) is 2.96. The minimum atomic E-state index is -0.160. The van der Waals surface area contributed by atoms with E-state index in [1.807, 2.05) is 7.05 Å². The molecule has 0 spiro atoms. The molecule has 64 valence electrons. The van der Waals surface area contributed by atoms with Crippen LogP contribution in [-0.2, 0) is 0 Å². The van der Waals surface area contributed by atoms with E-state index < -0.39 is 0 Å². The van der Waals surface area contributed by atoms with Crippen molar-refractivity contribution >= 4 is 0 Å². The Hall–Kier alpha value is -0.540. The van der Waals surface area contributed by atoms with Gasteiger partial charge in [0, 0.05) is 12.5 Å². The van der Waals surface area contributed by atoms with Gasteiger partial charge in [0.05, 0.1) is 0 Å². The highest BCUT2D eigenvalue weighted by Gasteiger charge is 2.44. The Morgan fingerprint density at radius 3 is 2.09 bits per heavy atom. The third-order valence-electron chi connectivity index (χ3n) is 2.96. The Morgan fingerprint density at radius 2 is 1.91 bits per heavy atom. The smallest absolute Gasteiger partial charge is 0.108 e. The number of nitrogens with one attached hydrogen (secondary N) is 1. The van der Waals surface area contributed by atoms with Crippen molar-refractivity contribution in [2.24, 2.45) is 11.3 Å². The van der Waals surface area contributed by atoms with Crippen molar-refractivity contribution in [1.29, 1.82) is 0 Å². The summed E-state index contributed by atoms with van der Waals surface area (Å²) < 4.78 is 0. The van der Waals surface area contributed by atoms with E-state index in [2.05, 4.69) is 43.4 Å². The molecule has 3 heteroatoms. The number of nitrogens with two attached hydrogens (primary N) is 1. The fourth-order valence-corrected chi connectivity index (χ4v) is 1.35. The van der Waals surface area contributed by atoms with Crippen molar-refractivity contribution in [3.05, 3.63) is 12.3 Å². The Kier molecular flexibility index (Phi) is 1.73. The summed E-state index contributed by atoms with van der Waals surface area (Å²) in [5, 5.41) is 0. The lowest BCUT2D eigenvalue weighted by Gasteiger charge is -2.42. The lowest BCUT2D eigenvalue weighted by molar-refractivity contribution is 0.0735. The molecule has 3 nitrogen and oxygen atoms in total. The second kappa shape index (κ2) is 2.22. The summed E-state index contributed by atoms with van der Waals surface area (Å²) in [4.78, 5) is 2.09. The molecule has 1 aliphatic rings. The average molecular weight is 155 g/mol. The van der Waals surface area contributed by atoms with Crippen LogP contribution in [0.15, 0.2) is 12.3 Å². The molecule has 0 radical (unpaired) electrons. The van der Waals surface area contributed by atoms with Crippen LogP contribution in [0.4, 0.5) is 0 Å². The largest absolute Gasteiger partial charge is 0.361 e. The molecule has 0 aromatic heterocycles. The lowest BCUT2D eigenvalue weighted by Crippen LogP contribution is -2.61. The monoisotopic (exact) mass is 155 g/mol. The number of hydrogen-bond donors (Lipinski definition) is 2. The predicted octanol–water partition coefficient (Wildman–Crippen LogP) is 0.651. The standard InChI is InChI=1S/C8H17N3/c1-7(2)5-6-11(4)8(7,3)10-9/h5-6,10H,9H2,1-4H3. The Balaban J connectivity index is 2.95. The zero-order valence-corrected chi connectivity index (χ0v) is 7.68. The molecular weight excluding hydrogens is 138 g/mol. The fraction of sp³-hybridized carbons (Fsp3) is 0.750. The molecule has 11 heavy (non-hydrogen) atoms. The zero-order valence-electron chi connectivity index (χ0n) is 7.68. The molecule has 3 N–H and O–H groups in total. The maximum Gasteiger partial charge on any atom is 0.108 e. The van der Waals surface area contributed by atoms with E-state index in [1.165, 1.54) is 0 Å². The second-order valence-corrected chi connectivity index (χ2v) is 3.86. The van der Waals surface area contributed by atoms with Gasteiger partial charge in [-0.15, -0.1) is 0 Å². The van der Waals surface area contributed by atoms with Crippen molar-refractivity contribution in [3.63, 3.8) is 0 Å². The van der Waals surface area contributed by atoms with Gasteiger partial charge in [-0.2, -0.15) is 0 Å². The van der Waals surface area contributed by atoms with Gasteiger partial charge in [0.2, 0.25) is 0 Å². The van der Waals surface area contributed by atoms with Crippen molar-refractivity contribution in [1.82, 2.24) is 10.3 Å². The molecule has 0 aliphatic carbocycles. The molecule has 0 aromatic rings. The number of hydrazine groups is 1. The summed E-state index contributed by atoms with van der Waals surface area (Å²) in [5.41, 5.74) is 2.76. The summed E-state index contributed by atoms with van der Waals surface area (Å²) in [6.07, 6.45) is 4.22. The molecule has 0 bridgehead atoms. The predicted molar refractivity (Wildman–Crippen MR) is 46.4 cm³/mol. The zero-order chi connectivity index (χ0) is 8.70.